The Morgan fingerprint density at radius 3 is 2.72 bits per heavy atom. The van der Waals surface area contributed by atoms with Crippen LogP contribution in [0, 0.1) is 13.8 Å². The van der Waals surface area contributed by atoms with Gasteiger partial charge in [0.15, 0.2) is 0 Å². The standard InChI is InChI=1S/C15H25NO2/c1-5-18-10-14(17)9-16-13(4)15-8-6-7-11(2)12(15)3/h6-8,13-14,16-17H,5,9-10H2,1-4H3. The van der Waals surface area contributed by atoms with Crippen molar-refractivity contribution in [1.29, 1.82) is 0 Å². The number of aryl methyl sites for hydroxylation is 1. The van der Waals surface area contributed by atoms with Gasteiger partial charge in [0.2, 0.25) is 0 Å². The third kappa shape index (κ3) is 4.41. The van der Waals surface area contributed by atoms with E-state index >= 15 is 0 Å². The number of aliphatic hydroxyl groups is 1. The largest absolute Gasteiger partial charge is 0.389 e. The number of benzene rings is 1. The first-order chi connectivity index (χ1) is 8.56. The summed E-state index contributed by atoms with van der Waals surface area (Å²) in [4.78, 5) is 0. The fourth-order valence-electron chi connectivity index (χ4n) is 1.98. The summed E-state index contributed by atoms with van der Waals surface area (Å²) in [7, 11) is 0. The fourth-order valence-corrected chi connectivity index (χ4v) is 1.98. The lowest BCUT2D eigenvalue weighted by atomic mass is 9.98. The number of hydrogen-bond donors (Lipinski definition) is 2. The molecule has 18 heavy (non-hydrogen) atoms. The maximum absolute atomic E-state index is 9.71. The van der Waals surface area contributed by atoms with E-state index in [4.69, 9.17) is 4.74 Å². The number of hydrogen-bond acceptors (Lipinski definition) is 3. The molecule has 0 saturated carbocycles. The molecule has 0 aliphatic carbocycles. The summed E-state index contributed by atoms with van der Waals surface area (Å²) in [6.45, 7) is 9.89. The molecular weight excluding hydrogens is 226 g/mol. The molecule has 0 spiro atoms. The van der Waals surface area contributed by atoms with Gasteiger partial charge in [0.05, 0.1) is 12.7 Å². The van der Waals surface area contributed by atoms with Crippen LogP contribution in [0.5, 0.6) is 0 Å². The lowest BCUT2D eigenvalue weighted by Crippen LogP contribution is -2.32. The molecule has 0 fully saturated rings. The van der Waals surface area contributed by atoms with E-state index in [1.807, 2.05) is 6.92 Å². The van der Waals surface area contributed by atoms with Gasteiger partial charge in [-0.15, -0.1) is 0 Å². The van der Waals surface area contributed by atoms with Crippen LogP contribution in [-0.4, -0.2) is 31.0 Å². The number of aliphatic hydroxyl groups excluding tert-OH is 1. The van der Waals surface area contributed by atoms with Gasteiger partial charge in [-0.2, -0.15) is 0 Å². The average Bonchev–Trinajstić information content (AvgIpc) is 2.36. The molecule has 102 valence electrons. The van der Waals surface area contributed by atoms with Crippen LogP contribution in [0.3, 0.4) is 0 Å². The summed E-state index contributed by atoms with van der Waals surface area (Å²) in [6.07, 6.45) is -0.447. The van der Waals surface area contributed by atoms with Crippen molar-refractivity contribution in [3.05, 3.63) is 34.9 Å². The number of nitrogens with one attached hydrogen (secondary N) is 1. The summed E-state index contributed by atoms with van der Waals surface area (Å²) >= 11 is 0. The second-order valence-corrected chi connectivity index (χ2v) is 4.73. The molecule has 2 unspecified atom stereocenters. The molecule has 0 saturated heterocycles. The van der Waals surface area contributed by atoms with Crippen LogP contribution in [0.25, 0.3) is 0 Å². The van der Waals surface area contributed by atoms with Crippen LogP contribution in [0.2, 0.25) is 0 Å². The van der Waals surface area contributed by atoms with E-state index in [0.717, 1.165) is 0 Å². The van der Waals surface area contributed by atoms with Crippen LogP contribution >= 0.6 is 0 Å². The number of ether oxygens (including phenoxy) is 1. The summed E-state index contributed by atoms with van der Waals surface area (Å²) in [5.41, 5.74) is 3.91. The molecule has 0 aliphatic rings. The first-order valence-corrected chi connectivity index (χ1v) is 6.61. The molecule has 1 rings (SSSR count). The lowest BCUT2D eigenvalue weighted by molar-refractivity contribution is 0.0416. The summed E-state index contributed by atoms with van der Waals surface area (Å²) in [5, 5.41) is 13.1. The van der Waals surface area contributed by atoms with E-state index in [0.29, 0.717) is 19.8 Å². The van der Waals surface area contributed by atoms with Gasteiger partial charge in [-0.25, -0.2) is 0 Å². The Balaban J connectivity index is 2.50. The van der Waals surface area contributed by atoms with Gasteiger partial charge in [0, 0.05) is 19.2 Å². The Labute approximate surface area is 110 Å². The van der Waals surface area contributed by atoms with E-state index in [-0.39, 0.29) is 6.04 Å². The maximum Gasteiger partial charge on any atom is 0.0897 e. The highest BCUT2D eigenvalue weighted by atomic mass is 16.5. The topological polar surface area (TPSA) is 41.5 Å². The van der Waals surface area contributed by atoms with Crippen LogP contribution in [0.1, 0.15) is 36.6 Å². The molecule has 1 aromatic carbocycles. The van der Waals surface area contributed by atoms with Crippen molar-refractivity contribution in [2.75, 3.05) is 19.8 Å². The molecule has 0 heterocycles. The molecule has 3 nitrogen and oxygen atoms in total. The van der Waals surface area contributed by atoms with Gasteiger partial charge in [0.25, 0.3) is 0 Å². The smallest absolute Gasteiger partial charge is 0.0897 e. The number of rotatable bonds is 7. The first kappa shape index (κ1) is 15.2. The highest BCUT2D eigenvalue weighted by Crippen LogP contribution is 2.19. The molecular formula is C15H25NO2. The summed E-state index contributed by atoms with van der Waals surface area (Å²) in [6, 6.07) is 6.57. The highest BCUT2D eigenvalue weighted by Gasteiger charge is 2.11. The Morgan fingerprint density at radius 2 is 2.06 bits per heavy atom. The van der Waals surface area contributed by atoms with Crippen LogP contribution in [-0.2, 0) is 4.74 Å². The molecule has 1 aromatic rings. The van der Waals surface area contributed by atoms with E-state index in [1.54, 1.807) is 0 Å². The zero-order valence-corrected chi connectivity index (χ0v) is 11.9. The zero-order chi connectivity index (χ0) is 13.5. The highest BCUT2D eigenvalue weighted by molar-refractivity contribution is 5.34. The Hall–Kier alpha value is -0.900. The minimum Gasteiger partial charge on any atom is -0.389 e. The average molecular weight is 251 g/mol. The van der Waals surface area contributed by atoms with Gasteiger partial charge in [-0.05, 0) is 44.4 Å². The second-order valence-electron chi connectivity index (χ2n) is 4.73. The fraction of sp³-hybridized carbons (Fsp3) is 0.600. The Kier molecular flexibility index (Phi) is 6.33. The van der Waals surface area contributed by atoms with Gasteiger partial charge < -0.3 is 15.2 Å². The van der Waals surface area contributed by atoms with Crippen molar-refractivity contribution in [3.63, 3.8) is 0 Å². The molecule has 0 radical (unpaired) electrons. The van der Waals surface area contributed by atoms with Crippen molar-refractivity contribution >= 4 is 0 Å². The van der Waals surface area contributed by atoms with Crippen LogP contribution < -0.4 is 5.32 Å². The Bertz CT molecular complexity index is 366. The third-order valence-corrected chi connectivity index (χ3v) is 3.29. The van der Waals surface area contributed by atoms with E-state index in [2.05, 4.69) is 44.3 Å². The zero-order valence-electron chi connectivity index (χ0n) is 11.9. The van der Waals surface area contributed by atoms with Crippen molar-refractivity contribution in [3.8, 4) is 0 Å². The quantitative estimate of drug-likeness (QED) is 0.781. The van der Waals surface area contributed by atoms with Crippen molar-refractivity contribution in [2.45, 2.75) is 39.8 Å². The predicted molar refractivity (Wildman–Crippen MR) is 74.8 cm³/mol. The SMILES string of the molecule is CCOCC(O)CNC(C)c1cccc(C)c1C. The first-order valence-electron chi connectivity index (χ1n) is 6.61. The summed E-state index contributed by atoms with van der Waals surface area (Å²) < 4.78 is 5.19. The molecule has 2 N–H and O–H groups in total. The van der Waals surface area contributed by atoms with Crippen molar-refractivity contribution in [1.82, 2.24) is 5.32 Å². The molecule has 3 heteroatoms. The maximum atomic E-state index is 9.71. The molecule has 2 atom stereocenters. The summed E-state index contributed by atoms with van der Waals surface area (Å²) in [5.74, 6) is 0. The van der Waals surface area contributed by atoms with Crippen LogP contribution in [0.4, 0.5) is 0 Å². The predicted octanol–water partition coefficient (Wildman–Crippen LogP) is 2.35. The Morgan fingerprint density at radius 1 is 1.33 bits per heavy atom. The second kappa shape index (κ2) is 7.52. The van der Waals surface area contributed by atoms with Crippen molar-refractivity contribution in [2.24, 2.45) is 0 Å². The minimum absolute atomic E-state index is 0.237. The molecule has 0 aliphatic heterocycles. The molecule has 0 amide bonds. The van der Waals surface area contributed by atoms with E-state index in [9.17, 15) is 5.11 Å². The minimum atomic E-state index is -0.447. The monoisotopic (exact) mass is 251 g/mol. The third-order valence-electron chi connectivity index (χ3n) is 3.29. The normalized spacial score (nSPS) is 14.5. The van der Waals surface area contributed by atoms with E-state index in [1.165, 1.54) is 16.7 Å². The van der Waals surface area contributed by atoms with Crippen molar-refractivity contribution < 1.29 is 9.84 Å². The van der Waals surface area contributed by atoms with Gasteiger partial charge in [-0.1, -0.05) is 18.2 Å². The lowest BCUT2D eigenvalue weighted by Gasteiger charge is -2.20. The van der Waals surface area contributed by atoms with Gasteiger partial charge in [0.1, 0.15) is 0 Å². The molecule has 0 bridgehead atoms. The van der Waals surface area contributed by atoms with Gasteiger partial charge in [-0.3, -0.25) is 0 Å². The molecule has 0 aromatic heterocycles. The van der Waals surface area contributed by atoms with E-state index < -0.39 is 6.10 Å². The van der Waals surface area contributed by atoms with Gasteiger partial charge >= 0.3 is 0 Å². The van der Waals surface area contributed by atoms with Crippen LogP contribution in [0.15, 0.2) is 18.2 Å².